The maximum absolute atomic E-state index is 2.28. The number of nitrogens with zero attached hydrogens (tertiary/aromatic N) is 1. The number of hydrogen-bond acceptors (Lipinski definition) is 0. The van der Waals surface area contributed by atoms with Gasteiger partial charge in [0.1, 0.15) is 0 Å². The van der Waals surface area contributed by atoms with Gasteiger partial charge in [0, 0.05) is 22.4 Å². The van der Waals surface area contributed by atoms with Gasteiger partial charge in [0.2, 0.25) is 0 Å². The van der Waals surface area contributed by atoms with Crippen molar-refractivity contribution in [3.8, 4) is 0 Å². The van der Waals surface area contributed by atoms with Crippen LogP contribution in [0.2, 0.25) is 0 Å². The highest BCUT2D eigenvalue weighted by molar-refractivity contribution is 6.14. The summed E-state index contributed by atoms with van der Waals surface area (Å²) >= 11 is 0. The Morgan fingerprint density at radius 3 is 2.50 bits per heavy atom. The number of fused-ring (bicyclic) bond motifs is 3. The van der Waals surface area contributed by atoms with Crippen molar-refractivity contribution in [1.82, 2.24) is 4.40 Å². The fraction of sp³-hybridized carbons (Fsp3) is 0. The zero-order valence-corrected chi connectivity index (χ0v) is 9.37. The molecule has 4 rings (SSSR count). The lowest BCUT2D eigenvalue weighted by Gasteiger charge is -1.90. The highest BCUT2D eigenvalue weighted by Crippen LogP contribution is 2.31. The Labute approximate surface area is 99.0 Å². The quantitative estimate of drug-likeness (QED) is 0.426. The monoisotopic (exact) mass is 227 g/mol. The van der Waals surface area contributed by atoms with Gasteiger partial charge in [-0.15, -0.1) is 12.4 Å². The van der Waals surface area contributed by atoms with E-state index < -0.39 is 0 Å². The molecule has 2 heteroatoms. The Hall–Kier alpha value is -1.73. The molecule has 1 nitrogen and oxygen atoms in total. The number of para-hydroxylation sites is 2. The topological polar surface area (TPSA) is 4.41 Å². The normalized spacial score (nSPS) is 11.2. The van der Waals surface area contributed by atoms with Crippen molar-refractivity contribution >= 4 is 39.6 Å². The molecule has 4 aromatic rings. The molecule has 0 aliphatic rings. The number of benzene rings is 2. The smallest absolute Gasteiger partial charge is 0.0607 e. The molecule has 2 aromatic heterocycles. The van der Waals surface area contributed by atoms with E-state index in [0.29, 0.717) is 0 Å². The zero-order valence-electron chi connectivity index (χ0n) is 8.55. The largest absolute Gasteiger partial charge is 0.315 e. The summed E-state index contributed by atoms with van der Waals surface area (Å²) in [4.78, 5) is 0. The van der Waals surface area contributed by atoms with Gasteiger partial charge in [0.05, 0.1) is 11.0 Å². The molecule has 0 atom stereocenters. The summed E-state index contributed by atoms with van der Waals surface area (Å²) < 4.78 is 2.28. The summed E-state index contributed by atoms with van der Waals surface area (Å²) in [6, 6.07) is 17.2. The molecule has 2 heterocycles. The second-order valence-electron chi connectivity index (χ2n) is 3.95. The van der Waals surface area contributed by atoms with Crippen molar-refractivity contribution in [2.75, 3.05) is 0 Å². The van der Waals surface area contributed by atoms with Crippen molar-refractivity contribution in [3.05, 3.63) is 54.7 Å². The lowest BCUT2D eigenvalue weighted by Crippen LogP contribution is -1.73. The lowest BCUT2D eigenvalue weighted by atomic mass is 10.1. The second-order valence-corrected chi connectivity index (χ2v) is 3.95. The van der Waals surface area contributed by atoms with Crippen LogP contribution in [-0.4, -0.2) is 4.40 Å². The minimum Gasteiger partial charge on any atom is -0.315 e. The zero-order chi connectivity index (χ0) is 9.83. The fourth-order valence-corrected chi connectivity index (χ4v) is 2.52. The van der Waals surface area contributed by atoms with Gasteiger partial charge in [-0.1, -0.05) is 36.4 Å². The summed E-state index contributed by atoms with van der Waals surface area (Å²) in [5.41, 5.74) is 2.65. The predicted octanol–water partition coefficient (Wildman–Crippen LogP) is 4.11. The van der Waals surface area contributed by atoms with E-state index in [-0.39, 0.29) is 12.4 Å². The predicted molar refractivity (Wildman–Crippen MR) is 70.8 cm³/mol. The molecule has 0 saturated carbocycles. The SMILES string of the molecule is Cl.c1ccc2c(c1)c1cccc3ccn2c31. The number of hydrogen-bond donors (Lipinski definition) is 0. The third-order valence-corrected chi connectivity index (χ3v) is 3.17. The summed E-state index contributed by atoms with van der Waals surface area (Å²) in [5, 5.41) is 4.02. The molecule has 0 amide bonds. The summed E-state index contributed by atoms with van der Waals surface area (Å²) in [6.45, 7) is 0. The van der Waals surface area contributed by atoms with Crippen LogP contribution in [0.15, 0.2) is 54.7 Å². The van der Waals surface area contributed by atoms with Crippen molar-refractivity contribution in [2.24, 2.45) is 0 Å². The van der Waals surface area contributed by atoms with Gasteiger partial charge in [0.15, 0.2) is 0 Å². The Morgan fingerprint density at radius 1 is 0.750 bits per heavy atom. The van der Waals surface area contributed by atoms with E-state index in [1.807, 2.05) is 0 Å². The number of rotatable bonds is 0. The molecule has 0 saturated heterocycles. The third-order valence-electron chi connectivity index (χ3n) is 3.17. The average Bonchev–Trinajstić information content (AvgIpc) is 2.85. The number of halogens is 1. The van der Waals surface area contributed by atoms with Gasteiger partial charge >= 0.3 is 0 Å². The molecule has 0 aliphatic heterocycles. The average molecular weight is 228 g/mol. The van der Waals surface area contributed by atoms with E-state index >= 15 is 0 Å². The molecule has 0 bridgehead atoms. The Kier molecular flexibility index (Phi) is 1.86. The molecular formula is C14H10ClN. The first-order valence-corrected chi connectivity index (χ1v) is 5.15. The van der Waals surface area contributed by atoms with Crippen LogP contribution in [0.25, 0.3) is 27.2 Å². The van der Waals surface area contributed by atoms with Crippen LogP contribution in [-0.2, 0) is 0 Å². The molecule has 0 fully saturated rings. The van der Waals surface area contributed by atoms with Crippen LogP contribution < -0.4 is 0 Å². The van der Waals surface area contributed by atoms with Gasteiger partial charge < -0.3 is 4.40 Å². The number of aromatic nitrogens is 1. The lowest BCUT2D eigenvalue weighted by molar-refractivity contribution is 1.30. The molecular weight excluding hydrogens is 218 g/mol. The molecule has 0 radical (unpaired) electrons. The van der Waals surface area contributed by atoms with Crippen LogP contribution in [0.3, 0.4) is 0 Å². The van der Waals surface area contributed by atoms with Crippen molar-refractivity contribution in [1.29, 1.82) is 0 Å². The van der Waals surface area contributed by atoms with E-state index in [1.165, 1.54) is 27.2 Å². The van der Waals surface area contributed by atoms with E-state index in [1.54, 1.807) is 0 Å². The van der Waals surface area contributed by atoms with Gasteiger partial charge in [-0.25, -0.2) is 0 Å². The molecule has 16 heavy (non-hydrogen) atoms. The highest BCUT2D eigenvalue weighted by Gasteiger charge is 2.09. The van der Waals surface area contributed by atoms with Crippen LogP contribution in [0.1, 0.15) is 0 Å². The Morgan fingerprint density at radius 2 is 1.56 bits per heavy atom. The van der Waals surface area contributed by atoms with Gasteiger partial charge in [-0.05, 0) is 12.1 Å². The molecule has 2 aromatic carbocycles. The van der Waals surface area contributed by atoms with E-state index in [0.717, 1.165) is 0 Å². The first kappa shape index (κ1) is 9.49. The van der Waals surface area contributed by atoms with E-state index in [9.17, 15) is 0 Å². The standard InChI is InChI=1S/C14H9N.ClH/c1-2-7-13-11(5-1)12-6-3-4-10-8-9-15(13)14(10)12;/h1-9H;1H. The molecule has 78 valence electrons. The summed E-state index contributed by atoms with van der Waals surface area (Å²) in [5.74, 6) is 0. The maximum atomic E-state index is 2.28. The molecule has 0 spiro atoms. The van der Waals surface area contributed by atoms with E-state index in [2.05, 4.69) is 59.1 Å². The first-order chi connectivity index (χ1) is 7.45. The second kappa shape index (κ2) is 3.13. The minimum absolute atomic E-state index is 0. The third kappa shape index (κ3) is 0.961. The van der Waals surface area contributed by atoms with Gasteiger partial charge in [-0.3, -0.25) is 0 Å². The van der Waals surface area contributed by atoms with Crippen molar-refractivity contribution in [3.63, 3.8) is 0 Å². The fourth-order valence-electron chi connectivity index (χ4n) is 2.52. The highest BCUT2D eigenvalue weighted by atomic mass is 35.5. The van der Waals surface area contributed by atoms with Crippen LogP contribution in [0.5, 0.6) is 0 Å². The van der Waals surface area contributed by atoms with Crippen molar-refractivity contribution < 1.29 is 0 Å². The molecule has 0 aliphatic carbocycles. The summed E-state index contributed by atoms with van der Waals surface area (Å²) in [6.07, 6.45) is 2.15. The van der Waals surface area contributed by atoms with Crippen molar-refractivity contribution in [2.45, 2.75) is 0 Å². The first-order valence-electron chi connectivity index (χ1n) is 5.15. The minimum atomic E-state index is 0. The van der Waals surface area contributed by atoms with Crippen LogP contribution >= 0.6 is 12.4 Å². The van der Waals surface area contributed by atoms with Gasteiger partial charge in [0.25, 0.3) is 0 Å². The summed E-state index contributed by atoms with van der Waals surface area (Å²) in [7, 11) is 0. The Balaban J connectivity index is 0.000000810. The Bertz CT molecular complexity index is 748. The van der Waals surface area contributed by atoms with Crippen LogP contribution in [0.4, 0.5) is 0 Å². The van der Waals surface area contributed by atoms with Crippen LogP contribution in [0, 0.1) is 0 Å². The maximum Gasteiger partial charge on any atom is 0.0607 e. The van der Waals surface area contributed by atoms with E-state index in [4.69, 9.17) is 0 Å². The molecule has 0 N–H and O–H groups in total. The molecule has 0 unspecified atom stereocenters. The van der Waals surface area contributed by atoms with Gasteiger partial charge in [-0.2, -0.15) is 0 Å².